The number of rotatable bonds is 5. The Kier molecular flexibility index (Phi) is 5.07. The summed E-state index contributed by atoms with van der Waals surface area (Å²) in [6, 6.07) is 3.99. The number of carbonyl (C=O) groups excluding carboxylic acids is 1. The van der Waals surface area contributed by atoms with Crippen molar-refractivity contribution >= 4 is 34.6 Å². The van der Waals surface area contributed by atoms with E-state index in [-0.39, 0.29) is 18.4 Å². The Bertz CT molecular complexity index is 681. The quantitative estimate of drug-likeness (QED) is 0.892. The number of hydrogen-bond donors (Lipinski definition) is 1. The predicted molar refractivity (Wildman–Crippen MR) is 91.0 cm³/mol. The van der Waals surface area contributed by atoms with E-state index in [0.717, 1.165) is 29.1 Å². The normalized spacial score (nSPS) is 18.1. The lowest BCUT2D eigenvalue weighted by atomic mass is 9.97. The number of piperidine rings is 1. The monoisotopic (exact) mass is 350 g/mol. The van der Waals surface area contributed by atoms with Gasteiger partial charge < -0.3 is 10.0 Å². The average Bonchev–Trinajstić information content (AvgIpc) is 3.23. The van der Waals surface area contributed by atoms with Gasteiger partial charge >= 0.3 is 5.97 Å². The van der Waals surface area contributed by atoms with Gasteiger partial charge in [0.2, 0.25) is 0 Å². The molecule has 3 heterocycles. The number of carboxylic acid groups (broad SMARTS) is 1. The molecule has 0 bridgehead atoms. The van der Waals surface area contributed by atoms with Crippen LogP contribution in [0.2, 0.25) is 0 Å². The molecule has 1 aliphatic rings. The summed E-state index contributed by atoms with van der Waals surface area (Å²) in [5, 5.41) is 11.7. The highest BCUT2D eigenvalue weighted by Gasteiger charge is 2.29. The highest BCUT2D eigenvalue weighted by atomic mass is 32.1. The number of carboxylic acids is 1. The topological polar surface area (TPSA) is 70.5 Å². The zero-order valence-corrected chi connectivity index (χ0v) is 14.2. The Balaban J connectivity index is 1.73. The predicted octanol–water partition coefficient (Wildman–Crippen LogP) is 3.73. The summed E-state index contributed by atoms with van der Waals surface area (Å²) >= 11 is 3.02. The van der Waals surface area contributed by atoms with Crippen LogP contribution < -0.4 is 0 Å². The second-order valence-electron chi connectivity index (χ2n) is 5.59. The van der Waals surface area contributed by atoms with Crippen LogP contribution in [0.4, 0.5) is 0 Å². The highest BCUT2D eigenvalue weighted by Crippen LogP contribution is 2.31. The number of aromatic nitrogens is 1. The lowest BCUT2D eigenvalue weighted by Crippen LogP contribution is -2.43. The summed E-state index contributed by atoms with van der Waals surface area (Å²) in [4.78, 5) is 31.5. The van der Waals surface area contributed by atoms with Crippen molar-refractivity contribution < 1.29 is 14.7 Å². The van der Waals surface area contributed by atoms with E-state index < -0.39 is 5.97 Å². The maximum atomic E-state index is 12.8. The van der Waals surface area contributed by atoms with E-state index in [0.29, 0.717) is 17.8 Å². The third kappa shape index (κ3) is 3.79. The van der Waals surface area contributed by atoms with Crippen LogP contribution in [-0.4, -0.2) is 39.5 Å². The van der Waals surface area contributed by atoms with Gasteiger partial charge in [-0.1, -0.05) is 6.07 Å². The molecule has 5 nitrogen and oxygen atoms in total. The zero-order chi connectivity index (χ0) is 16.2. The van der Waals surface area contributed by atoms with Gasteiger partial charge in [-0.25, -0.2) is 4.98 Å². The molecule has 7 heteroatoms. The molecule has 2 aromatic rings. The summed E-state index contributed by atoms with van der Waals surface area (Å²) in [6.07, 6.45) is 5.19. The van der Waals surface area contributed by atoms with E-state index in [9.17, 15) is 9.59 Å². The molecule has 0 spiro atoms. The maximum Gasteiger partial charge on any atom is 0.303 e. The lowest BCUT2D eigenvalue weighted by Gasteiger charge is -2.35. The number of hydrogen-bond acceptors (Lipinski definition) is 5. The van der Waals surface area contributed by atoms with Gasteiger partial charge in [0, 0.05) is 19.0 Å². The summed E-state index contributed by atoms with van der Waals surface area (Å²) in [6.45, 7) is 0.704. The second-order valence-corrected chi connectivity index (χ2v) is 7.57. The van der Waals surface area contributed by atoms with Gasteiger partial charge in [0.25, 0.3) is 5.91 Å². The Morgan fingerprint density at radius 2 is 2.26 bits per heavy atom. The van der Waals surface area contributed by atoms with Crippen LogP contribution in [0.3, 0.4) is 0 Å². The largest absolute Gasteiger partial charge is 0.481 e. The summed E-state index contributed by atoms with van der Waals surface area (Å²) in [5.41, 5.74) is 0. The zero-order valence-electron chi connectivity index (χ0n) is 12.6. The molecule has 1 saturated heterocycles. The van der Waals surface area contributed by atoms with Crippen molar-refractivity contribution in [2.45, 2.75) is 38.1 Å². The van der Waals surface area contributed by atoms with Crippen molar-refractivity contribution in [3.05, 3.63) is 28.6 Å². The number of likely N-dealkylation sites (tertiary alicyclic amines) is 1. The Morgan fingerprint density at radius 1 is 1.39 bits per heavy atom. The summed E-state index contributed by atoms with van der Waals surface area (Å²) in [5.74, 6) is -0.818. The number of amides is 1. The fourth-order valence-electron chi connectivity index (χ4n) is 2.89. The molecular formula is C16H18N2O3S2. The first-order valence-electron chi connectivity index (χ1n) is 7.67. The molecule has 0 aromatic carbocycles. The molecule has 1 N–H and O–H groups in total. The molecule has 3 rings (SSSR count). The number of aliphatic carboxylic acids is 1. The fourth-order valence-corrected chi connectivity index (χ4v) is 4.56. The molecule has 0 aliphatic carbocycles. The van der Waals surface area contributed by atoms with Gasteiger partial charge in [-0.2, -0.15) is 0 Å². The Labute approximate surface area is 142 Å². The molecule has 1 fully saturated rings. The summed E-state index contributed by atoms with van der Waals surface area (Å²) < 4.78 is 0. The number of nitrogens with zero attached hydrogens (tertiary/aromatic N) is 2. The van der Waals surface area contributed by atoms with E-state index in [1.54, 1.807) is 17.5 Å². The fraction of sp³-hybridized carbons (Fsp3) is 0.438. The first-order valence-corrected chi connectivity index (χ1v) is 9.37. The second kappa shape index (κ2) is 7.23. The molecule has 1 aliphatic heterocycles. The first kappa shape index (κ1) is 16.1. The van der Waals surface area contributed by atoms with E-state index in [4.69, 9.17) is 5.11 Å². The molecular weight excluding hydrogens is 332 g/mol. The van der Waals surface area contributed by atoms with Crippen molar-refractivity contribution in [1.82, 2.24) is 9.88 Å². The smallest absolute Gasteiger partial charge is 0.303 e. The van der Waals surface area contributed by atoms with Gasteiger partial charge in [0.05, 0.1) is 11.1 Å². The SMILES string of the molecule is O=C(O)CC[C@@H]1CCCCN1C(=O)c1cnc(-c2cccs2)s1. The van der Waals surface area contributed by atoms with Gasteiger partial charge in [-0.3, -0.25) is 9.59 Å². The van der Waals surface area contributed by atoms with Crippen LogP contribution in [-0.2, 0) is 4.79 Å². The molecule has 122 valence electrons. The van der Waals surface area contributed by atoms with E-state index >= 15 is 0 Å². The molecule has 23 heavy (non-hydrogen) atoms. The number of thiazole rings is 1. The van der Waals surface area contributed by atoms with Gasteiger partial charge in [-0.05, 0) is 37.1 Å². The molecule has 1 atom stereocenters. The maximum absolute atomic E-state index is 12.8. The van der Waals surface area contributed by atoms with Crippen LogP contribution in [0.1, 0.15) is 41.8 Å². The molecule has 0 radical (unpaired) electrons. The third-order valence-electron chi connectivity index (χ3n) is 4.03. The highest BCUT2D eigenvalue weighted by molar-refractivity contribution is 7.21. The van der Waals surface area contributed by atoms with E-state index in [2.05, 4.69) is 4.98 Å². The van der Waals surface area contributed by atoms with Crippen molar-refractivity contribution in [2.24, 2.45) is 0 Å². The van der Waals surface area contributed by atoms with Crippen LogP contribution >= 0.6 is 22.7 Å². The van der Waals surface area contributed by atoms with Crippen LogP contribution in [0, 0.1) is 0 Å². The minimum absolute atomic E-state index is 0.0135. The number of thiophene rings is 1. The van der Waals surface area contributed by atoms with Gasteiger partial charge in [0.15, 0.2) is 0 Å². The lowest BCUT2D eigenvalue weighted by molar-refractivity contribution is -0.137. The minimum Gasteiger partial charge on any atom is -0.481 e. The van der Waals surface area contributed by atoms with Gasteiger partial charge in [-0.15, -0.1) is 22.7 Å². The van der Waals surface area contributed by atoms with Gasteiger partial charge in [0.1, 0.15) is 9.88 Å². The Morgan fingerprint density at radius 3 is 3.00 bits per heavy atom. The van der Waals surface area contributed by atoms with E-state index in [1.807, 2.05) is 22.4 Å². The molecule has 2 aromatic heterocycles. The molecule has 0 unspecified atom stereocenters. The standard InChI is InChI=1S/C16H18N2O3S2/c19-14(20)7-6-11-4-1-2-8-18(11)16(21)13-10-17-15(23-13)12-5-3-9-22-12/h3,5,9-11H,1-2,4,6-8H2,(H,19,20)/t11-/m0/s1. The number of carbonyl (C=O) groups is 2. The van der Waals surface area contributed by atoms with E-state index in [1.165, 1.54) is 11.3 Å². The van der Waals surface area contributed by atoms with Crippen molar-refractivity contribution in [3.63, 3.8) is 0 Å². The Hall–Kier alpha value is -1.73. The third-order valence-corrected chi connectivity index (χ3v) is 6.05. The van der Waals surface area contributed by atoms with Crippen LogP contribution in [0.25, 0.3) is 9.88 Å². The minimum atomic E-state index is -0.805. The van der Waals surface area contributed by atoms with Crippen molar-refractivity contribution in [1.29, 1.82) is 0 Å². The first-order chi connectivity index (χ1) is 11.1. The van der Waals surface area contributed by atoms with Crippen LogP contribution in [0.15, 0.2) is 23.7 Å². The molecule has 1 amide bonds. The molecule has 0 saturated carbocycles. The van der Waals surface area contributed by atoms with Crippen molar-refractivity contribution in [2.75, 3.05) is 6.54 Å². The van der Waals surface area contributed by atoms with Crippen LogP contribution in [0.5, 0.6) is 0 Å². The summed E-state index contributed by atoms with van der Waals surface area (Å²) in [7, 11) is 0. The average molecular weight is 350 g/mol. The van der Waals surface area contributed by atoms with Crippen molar-refractivity contribution in [3.8, 4) is 9.88 Å².